The first kappa shape index (κ1) is 22.0. The van der Waals surface area contributed by atoms with E-state index in [0.717, 1.165) is 17.4 Å². The van der Waals surface area contributed by atoms with Crippen molar-refractivity contribution in [2.45, 2.75) is 6.92 Å². The Morgan fingerprint density at radius 1 is 0.636 bits per heavy atom. The first-order valence-corrected chi connectivity index (χ1v) is 10.1. The third kappa shape index (κ3) is 5.00. The SMILES string of the molecule is CCOc1ccc(C#Cc2ccc(C#Cc3ccc4c(F)c(F)c(F)cc4c3)c(F)c2)cc1. The molecule has 0 bridgehead atoms. The molecule has 0 unspecified atom stereocenters. The van der Waals surface area contributed by atoms with E-state index in [1.54, 1.807) is 6.07 Å². The van der Waals surface area contributed by atoms with E-state index in [1.165, 1.54) is 30.3 Å². The highest BCUT2D eigenvalue weighted by Crippen LogP contribution is 2.24. The summed E-state index contributed by atoms with van der Waals surface area (Å²) >= 11 is 0. The molecule has 0 radical (unpaired) electrons. The standard InChI is InChI=1S/C28H16F4O/c1-2-33-23-12-7-18(8-13-23)3-4-20-6-11-21(25(29)16-20)10-5-19-9-14-24-22(15-19)17-26(30)28(32)27(24)31/h6-9,11-17H,2H2,1H3. The van der Waals surface area contributed by atoms with Crippen molar-refractivity contribution >= 4 is 10.8 Å². The molecular formula is C28H16F4O. The summed E-state index contributed by atoms with van der Waals surface area (Å²) in [4.78, 5) is 0. The van der Waals surface area contributed by atoms with Gasteiger partial charge in [0.05, 0.1) is 12.2 Å². The topological polar surface area (TPSA) is 9.23 Å². The maximum Gasteiger partial charge on any atom is 0.195 e. The minimum absolute atomic E-state index is 0.0545. The minimum Gasteiger partial charge on any atom is -0.494 e. The van der Waals surface area contributed by atoms with E-state index in [9.17, 15) is 17.6 Å². The predicted octanol–water partition coefficient (Wildman–Crippen LogP) is 6.59. The van der Waals surface area contributed by atoms with Crippen molar-refractivity contribution in [3.05, 3.63) is 112 Å². The van der Waals surface area contributed by atoms with E-state index in [-0.39, 0.29) is 16.3 Å². The van der Waals surface area contributed by atoms with Crippen LogP contribution in [0.5, 0.6) is 5.75 Å². The van der Waals surface area contributed by atoms with Crippen LogP contribution in [0.15, 0.2) is 66.7 Å². The lowest BCUT2D eigenvalue weighted by Crippen LogP contribution is -1.92. The lowest BCUT2D eigenvalue weighted by atomic mass is 10.1. The first-order valence-electron chi connectivity index (χ1n) is 10.1. The lowest BCUT2D eigenvalue weighted by Gasteiger charge is -2.02. The number of benzene rings is 4. The molecule has 0 spiro atoms. The molecule has 0 saturated carbocycles. The number of hydrogen-bond donors (Lipinski definition) is 0. The van der Waals surface area contributed by atoms with Gasteiger partial charge in [-0.1, -0.05) is 29.7 Å². The van der Waals surface area contributed by atoms with Crippen LogP contribution >= 0.6 is 0 Å². The normalized spacial score (nSPS) is 10.2. The van der Waals surface area contributed by atoms with Crippen LogP contribution in [0, 0.1) is 47.0 Å². The van der Waals surface area contributed by atoms with Crippen LogP contribution in [0.2, 0.25) is 0 Å². The summed E-state index contributed by atoms with van der Waals surface area (Å²) in [5, 5.41) is 0.111. The molecule has 4 aromatic rings. The van der Waals surface area contributed by atoms with E-state index >= 15 is 0 Å². The van der Waals surface area contributed by atoms with Crippen LogP contribution in [0.4, 0.5) is 17.6 Å². The third-order valence-electron chi connectivity index (χ3n) is 4.80. The van der Waals surface area contributed by atoms with E-state index in [4.69, 9.17) is 4.74 Å². The second-order valence-electron chi connectivity index (χ2n) is 7.07. The number of rotatable bonds is 2. The third-order valence-corrected chi connectivity index (χ3v) is 4.80. The maximum atomic E-state index is 14.5. The van der Waals surface area contributed by atoms with Gasteiger partial charge in [-0.05, 0) is 73.0 Å². The molecule has 0 aromatic heterocycles. The summed E-state index contributed by atoms with van der Waals surface area (Å²) in [5.41, 5.74) is 1.82. The zero-order valence-electron chi connectivity index (χ0n) is 17.5. The van der Waals surface area contributed by atoms with Crippen LogP contribution in [0.1, 0.15) is 29.2 Å². The number of hydrogen-bond acceptors (Lipinski definition) is 1. The molecule has 1 nitrogen and oxygen atoms in total. The number of halogens is 4. The molecule has 5 heteroatoms. The Balaban J connectivity index is 1.55. The fourth-order valence-electron chi connectivity index (χ4n) is 3.16. The van der Waals surface area contributed by atoms with Crippen LogP contribution in [0.3, 0.4) is 0 Å². The quantitative estimate of drug-likeness (QED) is 0.192. The van der Waals surface area contributed by atoms with Crippen molar-refractivity contribution in [2.75, 3.05) is 6.61 Å². The molecule has 0 aliphatic heterocycles. The van der Waals surface area contributed by atoms with E-state index in [2.05, 4.69) is 23.7 Å². The van der Waals surface area contributed by atoms with E-state index in [1.807, 2.05) is 31.2 Å². The highest BCUT2D eigenvalue weighted by atomic mass is 19.2. The van der Waals surface area contributed by atoms with Crippen molar-refractivity contribution < 1.29 is 22.3 Å². The maximum absolute atomic E-state index is 14.5. The first-order chi connectivity index (χ1) is 15.9. The smallest absolute Gasteiger partial charge is 0.195 e. The van der Waals surface area contributed by atoms with Gasteiger partial charge in [-0.2, -0.15) is 0 Å². The van der Waals surface area contributed by atoms with Crippen LogP contribution in [0.25, 0.3) is 10.8 Å². The lowest BCUT2D eigenvalue weighted by molar-refractivity contribution is 0.340. The van der Waals surface area contributed by atoms with Crippen molar-refractivity contribution in [1.82, 2.24) is 0 Å². The zero-order valence-corrected chi connectivity index (χ0v) is 17.5. The van der Waals surface area contributed by atoms with Crippen molar-refractivity contribution in [2.24, 2.45) is 0 Å². The molecular weight excluding hydrogens is 428 g/mol. The molecule has 0 saturated heterocycles. The van der Waals surface area contributed by atoms with Crippen LogP contribution < -0.4 is 4.74 Å². The van der Waals surface area contributed by atoms with Gasteiger partial charge in [-0.25, -0.2) is 17.6 Å². The van der Waals surface area contributed by atoms with Gasteiger partial charge < -0.3 is 4.74 Å². The Labute approximate surface area is 188 Å². The highest BCUT2D eigenvalue weighted by molar-refractivity contribution is 5.84. The number of ether oxygens (including phenoxy) is 1. The molecule has 0 heterocycles. The molecule has 0 amide bonds. The minimum atomic E-state index is -1.52. The second kappa shape index (κ2) is 9.51. The zero-order chi connectivity index (χ0) is 23.4. The van der Waals surface area contributed by atoms with Gasteiger partial charge in [-0.15, -0.1) is 0 Å². The Morgan fingerprint density at radius 3 is 2.00 bits per heavy atom. The molecule has 162 valence electrons. The van der Waals surface area contributed by atoms with Crippen LogP contribution in [-0.4, -0.2) is 6.61 Å². The molecule has 4 aromatic carbocycles. The molecule has 4 rings (SSSR count). The van der Waals surface area contributed by atoms with Gasteiger partial charge >= 0.3 is 0 Å². The summed E-state index contributed by atoms with van der Waals surface area (Å²) in [6.45, 7) is 2.49. The monoisotopic (exact) mass is 444 g/mol. The summed E-state index contributed by atoms with van der Waals surface area (Å²) < 4.78 is 60.6. The summed E-state index contributed by atoms with van der Waals surface area (Å²) in [7, 11) is 0. The Kier molecular flexibility index (Phi) is 6.33. The van der Waals surface area contributed by atoms with Crippen molar-refractivity contribution in [3.63, 3.8) is 0 Å². The molecule has 0 N–H and O–H groups in total. The molecule has 33 heavy (non-hydrogen) atoms. The molecule has 0 aliphatic rings. The average Bonchev–Trinajstić information content (AvgIpc) is 2.81. The Morgan fingerprint density at radius 2 is 1.27 bits per heavy atom. The van der Waals surface area contributed by atoms with Gasteiger partial charge in [0, 0.05) is 22.1 Å². The number of fused-ring (bicyclic) bond motifs is 1. The van der Waals surface area contributed by atoms with Crippen molar-refractivity contribution in [1.29, 1.82) is 0 Å². The Bertz CT molecular complexity index is 1470. The van der Waals surface area contributed by atoms with Crippen molar-refractivity contribution in [3.8, 4) is 29.4 Å². The summed E-state index contributed by atoms with van der Waals surface area (Å²) in [6.07, 6.45) is 0. The van der Waals surface area contributed by atoms with Gasteiger partial charge in [0.2, 0.25) is 0 Å². The average molecular weight is 444 g/mol. The fourth-order valence-corrected chi connectivity index (χ4v) is 3.16. The van der Waals surface area contributed by atoms with Gasteiger partial charge in [0.25, 0.3) is 0 Å². The second-order valence-corrected chi connectivity index (χ2v) is 7.07. The highest BCUT2D eigenvalue weighted by Gasteiger charge is 2.13. The van der Waals surface area contributed by atoms with Crippen LogP contribution in [-0.2, 0) is 0 Å². The molecule has 0 aliphatic carbocycles. The van der Waals surface area contributed by atoms with E-state index < -0.39 is 23.3 Å². The summed E-state index contributed by atoms with van der Waals surface area (Å²) in [5.74, 6) is 7.51. The summed E-state index contributed by atoms with van der Waals surface area (Å²) in [6, 6.07) is 16.8. The predicted molar refractivity (Wildman–Crippen MR) is 120 cm³/mol. The Hall–Kier alpha value is -4.22. The largest absolute Gasteiger partial charge is 0.494 e. The van der Waals surface area contributed by atoms with Gasteiger partial charge in [0.1, 0.15) is 11.6 Å². The van der Waals surface area contributed by atoms with Gasteiger partial charge in [0.15, 0.2) is 17.5 Å². The fraction of sp³-hybridized carbons (Fsp3) is 0.0714. The molecule has 0 atom stereocenters. The van der Waals surface area contributed by atoms with E-state index in [0.29, 0.717) is 17.7 Å². The molecule has 0 fully saturated rings. The van der Waals surface area contributed by atoms with Gasteiger partial charge in [-0.3, -0.25) is 0 Å².